The maximum atomic E-state index is 13.1. The maximum absolute atomic E-state index is 13.1. The first-order valence-electron chi connectivity index (χ1n) is 12.4. The van der Waals surface area contributed by atoms with Gasteiger partial charge in [0, 0.05) is 5.56 Å². The zero-order valence-corrected chi connectivity index (χ0v) is 21.3. The van der Waals surface area contributed by atoms with E-state index in [-0.39, 0.29) is 5.56 Å². The summed E-state index contributed by atoms with van der Waals surface area (Å²) in [5.41, 5.74) is -0.896. The molecule has 15 heteroatoms. The number of aliphatic hydroxyl groups is 8. The summed E-state index contributed by atoms with van der Waals surface area (Å²) in [6.07, 6.45) is -13.4. The Hall–Kier alpha value is -3.06. The van der Waals surface area contributed by atoms with Gasteiger partial charge in [0.1, 0.15) is 49.3 Å². The first kappa shape index (κ1) is 30.9. The number of carbonyl (C=O) groups excluding carboxylic acids is 2. The molecule has 0 aromatic heterocycles. The third-order valence-corrected chi connectivity index (χ3v) is 6.91. The summed E-state index contributed by atoms with van der Waals surface area (Å²) in [6.45, 7) is -3.01. The molecule has 2 fully saturated rings. The van der Waals surface area contributed by atoms with Gasteiger partial charge in [-0.25, -0.2) is 19.4 Å². The van der Waals surface area contributed by atoms with Crippen molar-refractivity contribution in [1.29, 1.82) is 0 Å². The third-order valence-electron chi connectivity index (χ3n) is 6.91. The molecule has 0 saturated carbocycles. The van der Waals surface area contributed by atoms with Crippen LogP contribution in [0, 0.1) is 0 Å². The van der Waals surface area contributed by atoms with Crippen LogP contribution in [0.25, 0.3) is 0 Å². The quantitative estimate of drug-likeness (QED) is 0.115. The van der Waals surface area contributed by atoms with Crippen molar-refractivity contribution in [2.75, 3.05) is 19.8 Å². The number of hydrogen-bond donors (Lipinski definition) is 8. The van der Waals surface area contributed by atoms with Crippen LogP contribution < -0.4 is 0 Å². The SMILES string of the molecule is O=C(OOC(=O)c1ccccc1[C@@]1(OC2(CO)O[C@H](CO)[C@@H](O)[C@@H]2O)O[C@H](CO)[C@@H](O)[C@H](O)[C@H]1O)c1ccccc1. The van der Waals surface area contributed by atoms with Crippen molar-refractivity contribution in [2.24, 2.45) is 0 Å². The standard InChI is InChI=1S/C26H30O15/c27-10-16-18(30)20(32)22(34)26(38-16,41-25(12-29)21(33)19(31)17(11-28)37-25)15-9-5-4-8-14(15)24(36)40-39-23(35)13-6-2-1-3-7-13/h1-9,16-22,27-34H,10-12H2/t16-,17-,18-,19-,20+,21+,22-,25?,26+/m1/s1. The summed E-state index contributed by atoms with van der Waals surface area (Å²) < 4.78 is 17.0. The Morgan fingerprint density at radius 2 is 1.29 bits per heavy atom. The summed E-state index contributed by atoms with van der Waals surface area (Å²) >= 11 is 0. The first-order valence-corrected chi connectivity index (χ1v) is 12.4. The highest BCUT2D eigenvalue weighted by Crippen LogP contribution is 2.47. The molecule has 2 saturated heterocycles. The summed E-state index contributed by atoms with van der Waals surface area (Å²) in [7, 11) is 0. The van der Waals surface area contributed by atoms with Crippen LogP contribution in [0.2, 0.25) is 0 Å². The van der Waals surface area contributed by atoms with Crippen LogP contribution in [-0.2, 0) is 29.8 Å². The lowest BCUT2D eigenvalue weighted by Gasteiger charge is -2.51. The number of rotatable bonds is 8. The van der Waals surface area contributed by atoms with Crippen molar-refractivity contribution in [3.05, 3.63) is 71.3 Å². The van der Waals surface area contributed by atoms with E-state index < -0.39 is 97.2 Å². The van der Waals surface area contributed by atoms with E-state index in [9.17, 15) is 50.4 Å². The van der Waals surface area contributed by atoms with Crippen LogP contribution in [0.4, 0.5) is 0 Å². The van der Waals surface area contributed by atoms with Gasteiger partial charge in [0.05, 0.1) is 24.3 Å². The van der Waals surface area contributed by atoms with Gasteiger partial charge in [-0.2, -0.15) is 0 Å². The van der Waals surface area contributed by atoms with Crippen LogP contribution in [0.3, 0.4) is 0 Å². The molecule has 0 bridgehead atoms. The predicted molar refractivity (Wildman–Crippen MR) is 130 cm³/mol. The minimum Gasteiger partial charge on any atom is -0.394 e. The Bertz CT molecular complexity index is 1210. The smallest absolute Gasteiger partial charge is 0.386 e. The zero-order chi connectivity index (χ0) is 29.9. The number of benzene rings is 2. The molecule has 224 valence electrons. The summed E-state index contributed by atoms with van der Waals surface area (Å²) in [4.78, 5) is 34.8. The highest BCUT2D eigenvalue weighted by atomic mass is 17.2. The van der Waals surface area contributed by atoms with Crippen LogP contribution >= 0.6 is 0 Å². The number of aliphatic hydroxyl groups excluding tert-OH is 8. The van der Waals surface area contributed by atoms with Gasteiger partial charge in [-0.3, -0.25) is 0 Å². The van der Waals surface area contributed by atoms with Crippen molar-refractivity contribution in [1.82, 2.24) is 0 Å². The fraction of sp³-hybridized carbons (Fsp3) is 0.462. The average molecular weight is 583 g/mol. The number of hydrogen-bond acceptors (Lipinski definition) is 15. The molecule has 9 atom stereocenters. The molecule has 0 spiro atoms. The Balaban J connectivity index is 1.77. The van der Waals surface area contributed by atoms with Crippen molar-refractivity contribution < 1.29 is 74.4 Å². The molecule has 4 rings (SSSR count). The largest absolute Gasteiger partial charge is 0.394 e. The lowest BCUT2D eigenvalue weighted by Crippen LogP contribution is -2.68. The molecule has 2 aromatic carbocycles. The lowest BCUT2D eigenvalue weighted by molar-refractivity contribution is -0.442. The van der Waals surface area contributed by atoms with E-state index in [1.165, 1.54) is 24.3 Å². The zero-order valence-electron chi connectivity index (χ0n) is 21.3. The summed E-state index contributed by atoms with van der Waals surface area (Å²) in [5, 5.41) is 83.0. The Labute approximate surface area is 232 Å². The maximum Gasteiger partial charge on any atom is 0.386 e. The monoisotopic (exact) mass is 582 g/mol. The van der Waals surface area contributed by atoms with Crippen molar-refractivity contribution in [3.8, 4) is 0 Å². The van der Waals surface area contributed by atoms with E-state index >= 15 is 0 Å². The minimum atomic E-state index is -2.83. The van der Waals surface area contributed by atoms with Gasteiger partial charge >= 0.3 is 11.9 Å². The van der Waals surface area contributed by atoms with E-state index in [0.29, 0.717) is 0 Å². The number of ether oxygens (including phenoxy) is 3. The number of carbonyl (C=O) groups is 2. The van der Waals surface area contributed by atoms with Gasteiger partial charge in [0.2, 0.25) is 11.6 Å². The lowest BCUT2D eigenvalue weighted by atomic mass is 9.85. The highest BCUT2D eigenvalue weighted by Gasteiger charge is 2.64. The van der Waals surface area contributed by atoms with Crippen molar-refractivity contribution >= 4 is 11.9 Å². The normalized spacial score (nSPS) is 35.2. The molecule has 2 aliphatic heterocycles. The average Bonchev–Trinajstić information content (AvgIpc) is 3.25. The molecule has 2 aliphatic rings. The van der Waals surface area contributed by atoms with Gasteiger partial charge in [-0.05, 0) is 18.2 Å². The molecular formula is C26H30O15. The summed E-state index contributed by atoms with van der Waals surface area (Å²) in [5.74, 6) is -7.84. The second kappa shape index (κ2) is 12.4. The summed E-state index contributed by atoms with van der Waals surface area (Å²) in [6, 6.07) is 12.5. The van der Waals surface area contributed by atoms with Gasteiger partial charge in [-0.1, -0.05) is 36.4 Å². The van der Waals surface area contributed by atoms with E-state index in [2.05, 4.69) is 4.89 Å². The van der Waals surface area contributed by atoms with Crippen LogP contribution in [0.1, 0.15) is 26.3 Å². The van der Waals surface area contributed by atoms with Crippen molar-refractivity contribution in [3.63, 3.8) is 0 Å². The minimum absolute atomic E-state index is 0.0524. The van der Waals surface area contributed by atoms with Crippen LogP contribution in [-0.4, -0.2) is 121 Å². The van der Waals surface area contributed by atoms with Crippen LogP contribution in [0.15, 0.2) is 54.6 Å². The molecule has 0 radical (unpaired) electrons. The molecule has 2 aromatic rings. The van der Waals surface area contributed by atoms with E-state index in [0.717, 1.165) is 12.1 Å². The topological polar surface area (TPSA) is 242 Å². The molecule has 2 heterocycles. The predicted octanol–water partition coefficient (Wildman–Crippen LogP) is -2.94. The molecule has 1 unspecified atom stereocenters. The van der Waals surface area contributed by atoms with Gasteiger partial charge in [0.15, 0.2) is 0 Å². The second-order valence-electron chi connectivity index (χ2n) is 9.43. The van der Waals surface area contributed by atoms with Crippen LogP contribution in [0.5, 0.6) is 0 Å². The van der Waals surface area contributed by atoms with E-state index in [1.807, 2.05) is 0 Å². The molecular weight excluding hydrogens is 552 g/mol. The first-order chi connectivity index (χ1) is 19.5. The highest BCUT2D eigenvalue weighted by molar-refractivity contribution is 5.93. The third kappa shape index (κ3) is 5.57. The molecule has 0 amide bonds. The van der Waals surface area contributed by atoms with E-state index in [1.54, 1.807) is 18.2 Å². The fourth-order valence-corrected chi connectivity index (χ4v) is 4.72. The molecule has 0 aliphatic carbocycles. The Morgan fingerprint density at radius 3 is 1.90 bits per heavy atom. The Kier molecular flexibility index (Phi) is 9.37. The molecule has 41 heavy (non-hydrogen) atoms. The van der Waals surface area contributed by atoms with Gasteiger partial charge in [0.25, 0.3) is 0 Å². The Morgan fingerprint density at radius 1 is 0.707 bits per heavy atom. The van der Waals surface area contributed by atoms with Gasteiger partial charge in [-0.15, -0.1) is 0 Å². The molecule has 8 N–H and O–H groups in total. The fourth-order valence-electron chi connectivity index (χ4n) is 4.72. The molecule has 15 nitrogen and oxygen atoms in total. The van der Waals surface area contributed by atoms with Gasteiger partial charge < -0.3 is 55.1 Å². The second-order valence-corrected chi connectivity index (χ2v) is 9.43. The van der Waals surface area contributed by atoms with E-state index in [4.69, 9.17) is 19.1 Å². The van der Waals surface area contributed by atoms with Crippen molar-refractivity contribution in [2.45, 2.75) is 54.3 Å².